The van der Waals surface area contributed by atoms with Crippen molar-refractivity contribution in [1.82, 2.24) is 0 Å². The second-order valence-electron chi connectivity index (χ2n) is 6.02. The number of benzene rings is 1. The number of hydrogen-bond donors (Lipinski definition) is 2. The molecule has 0 spiro atoms. The molecule has 138 valence electrons. The molecule has 1 atom stereocenters. The van der Waals surface area contributed by atoms with Crippen molar-refractivity contribution in [2.75, 3.05) is 12.3 Å². The van der Waals surface area contributed by atoms with Crippen LogP contribution in [0.1, 0.15) is 50.4 Å². The molecule has 5 heteroatoms. The Balaban J connectivity index is 0.000000496. The van der Waals surface area contributed by atoms with Gasteiger partial charge in [-0.15, -0.1) is 0 Å². The summed E-state index contributed by atoms with van der Waals surface area (Å²) < 4.78 is 4.92. The van der Waals surface area contributed by atoms with E-state index in [9.17, 15) is 9.59 Å². The maximum Gasteiger partial charge on any atom is 0.337 e. The summed E-state index contributed by atoms with van der Waals surface area (Å²) >= 11 is 0. The van der Waals surface area contributed by atoms with Gasteiger partial charge in [0.2, 0.25) is 0 Å². The number of para-hydroxylation sites is 1. The predicted molar refractivity (Wildman–Crippen MR) is 101 cm³/mol. The average Bonchev–Trinajstić information content (AvgIpc) is 2.55. The first-order chi connectivity index (χ1) is 11.8. The predicted octanol–water partition coefficient (Wildman–Crippen LogP) is 4.46. The maximum absolute atomic E-state index is 10.7. The maximum atomic E-state index is 10.7. The van der Waals surface area contributed by atoms with Crippen LogP contribution in [-0.4, -0.2) is 23.7 Å². The van der Waals surface area contributed by atoms with E-state index in [-0.39, 0.29) is 11.5 Å². The van der Waals surface area contributed by atoms with Crippen molar-refractivity contribution in [3.8, 4) is 0 Å². The lowest BCUT2D eigenvalue weighted by Gasteiger charge is -2.09. The van der Waals surface area contributed by atoms with E-state index in [1.807, 2.05) is 0 Å². The zero-order chi connectivity index (χ0) is 19.2. The minimum atomic E-state index is -0.988. The van der Waals surface area contributed by atoms with Gasteiger partial charge in [-0.05, 0) is 51.2 Å². The lowest BCUT2D eigenvalue weighted by molar-refractivity contribution is -0.138. The Kier molecular flexibility index (Phi) is 11.5. The molecule has 1 aromatic rings. The number of carbonyl (C=O) groups excluding carboxylic acids is 1. The van der Waals surface area contributed by atoms with Crippen LogP contribution in [0, 0.1) is 5.92 Å². The largest absolute Gasteiger partial charge is 0.478 e. The van der Waals surface area contributed by atoms with Gasteiger partial charge in [-0.1, -0.05) is 37.3 Å². The minimum Gasteiger partial charge on any atom is -0.478 e. The molecule has 0 heterocycles. The highest BCUT2D eigenvalue weighted by Gasteiger charge is 2.04. The third-order valence-electron chi connectivity index (χ3n) is 3.42. The Morgan fingerprint density at radius 1 is 1.28 bits per heavy atom. The molecule has 3 N–H and O–H groups in total. The van der Waals surface area contributed by atoms with Gasteiger partial charge in [0.1, 0.15) is 0 Å². The van der Waals surface area contributed by atoms with Crippen LogP contribution in [-0.2, 0) is 9.53 Å². The first-order valence-electron chi connectivity index (χ1n) is 8.28. The topological polar surface area (TPSA) is 89.6 Å². The number of aromatic carboxylic acids is 1. The van der Waals surface area contributed by atoms with E-state index in [1.54, 1.807) is 18.2 Å². The summed E-state index contributed by atoms with van der Waals surface area (Å²) in [6.07, 6.45) is 6.63. The summed E-state index contributed by atoms with van der Waals surface area (Å²) in [5.74, 6) is -0.720. The van der Waals surface area contributed by atoms with Crippen LogP contribution in [0.4, 0.5) is 5.69 Å². The molecule has 0 saturated carbocycles. The standard InChI is InChI=1S/C13H22O2.C7H7NO2/c1-5-13(14)15-10-9-12(4)8-6-7-11(2)3;8-6-4-2-1-3-5(6)7(9)10/h5,7,12H,1,6,8-10H2,2-4H3;1-4H,8H2,(H,9,10). The Morgan fingerprint density at radius 2 is 1.92 bits per heavy atom. The zero-order valence-electron chi connectivity index (χ0n) is 15.3. The van der Waals surface area contributed by atoms with Crippen LogP contribution in [0.2, 0.25) is 0 Å². The average molecular weight is 347 g/mol. The molecule has 0 saturated heterocycles. The number of nitrogens with two attached hydrogens (primary N) is 1. The number of rotatable bonds is 8. The van der Waals surface area contributed by atoms with E-state index in [1.165, 1.54) is 17.7 Å². The van der Waals surface area contributed by atoms with Crippen LogP contribution in [0.5, 0.6) is 0 Å². The summed E-state index contributed by atoms with van der Waals surface area (Å²) in [6.45, 7) is 10.2. The van der Waals surface area contributed by atoms with Crippen LogP contribution in [0.3, 0.4) is 0 Å². The third kappa shape index (κ3) is 11.6. The van der Waals surface area contributed by atoms with Crippen molar-refractivity contribution in [2.45, 2.75) is 40.0 Å². The van der Waals surface area contributed by atoms with Crippen molar-refractivity contribution in [2.24, 2.45) is 5.92 Å². The van der Waals surface area contributed by atoms with Gasteiger partial charge in [0.15, 0.2) is 0 Å². The molecule has 5 nitrogen and oxygen atoms in total. The van der Waals surface area contributed by atoms with Crippen LogP contribution < -0.4 is 5.73 Å². The van der Waals surface area contributed by atoms with Crippen LogP contribution in [0.25, 0.3) is 0 Å². The summed E-state index contributed by atoms with van der Waals surface area (Å²) in [5, 5.41) is 8.49. The molecule has 1 unspecified atom stereocenters. The molecule has 0 amide bonds. The number of carboxylic acids is 1. The van der Waals surface area contributed by atoms with E-state index < -0.39 is 5.97 Å². The van der Waals surface area contributed by atoms with Gasteiger partial charge in [0.05, 0.1) is 12.2 Å². The molecule has 0 aliphatic heterocycles. The van der Waals surface area contributed by atoms with Crippen LogP contribution >= 0.6 is 0 Å². The van der Waals surface area contributed by atoms with Crippen LogP contribution in [0.15, 0.2) is 48.6 Å². The SMILES string of the molecule is C=CC(=O)OCCC(C)CCC=C(C)C.Nc1ccccc1C(=O)O. The number of carboxylic acid groups (broad SMARTS) is 1. The van der Waals surface area contributed by atoms with Gasteiger partial charge in [-0.2, -0.15) is 0 Å². The summed E-state index contributed by atoms with van der Waals surface area (Å²) in [5.41, 5.74) is 7.16. The molecule has 1 rings (SSSR count). The summed E-state index contributed by atoms with van der Waals surface area (Å²) in [7, 11) is 0. The molecule has 0 fully saturated rings. The molecule has 0 aliphatic rings. The quantitative estimate of drug-likeness (QED) is 0.314. The number of anilines is 1. The molecular weight excluding hydrogens is 318 g/mol. The summed E-state index contributed by atoms with van der Waals surface area (Å²) in [6, 6.07) is 6.36. The van der Waals surface area contributed by atoms with Gasteiger partial charge in [0.25, 0.3) is 0 Å². The molecule has 0 aromatic heterocycles. The fourth-order valence-electron chi connectivity index (χ4n) is 1.91. The minimum absolute atomic E-state index is 0.155. The fourth-order valence-corrected chi connectivity index (χ4v) is 1.91. The van der Waals surface area contributed by atoms with Crippen molar-refractivity contribution < 1.29 is 19.4 Å². The third-order valence-corrected chi connectivity index (χ3v) is 3.42. The van der Waals surface area contributed by atoms with E-state index in [0.29, 0.717) is 18.2 Å². The second-order valence-corrected chi connectivity index (χ2v) is 6.02. The highest BCUT2D eigenvalue weighted by atomic mass is 16.5. The van der Waals surface area contributed by atoms with E-state index in [2.05, 4.69) is 33.4 Å². The number of nitrogen functional groups attached to an aromatic ring is 1. The molecule has 1 aromatic carbocycles. The van der Waals surface area contributed by atoms with Gasteiger partial charge < -0.3 is 15.6 Å². The Hall–Kier alpha value is -2.56. The lowest BCUT2D eigenvalue weighted by atomic mass is 10.0. The fraction of sp³-hybridized carbons (Fsp3) is 0.400. The number of allylic oxidation sites excluding steroid dienone is 2. The van der Waals surface area contributed by atoms with Gasteiger partial charge in [0, 0.05) is 11.8 Å². The van der Waals surface area contributed by atoms with Gasteiger partial charge >= 0.3 is 11.9 Å². The number of ether oxygens (including phenoxy) is 1. The van der Waals surface area contributed by atoms with E-state index in [0.717, 1.165) is 19.3 Å². The molecule has 0 aliphatic carbocycles. The molecule has 25 heavy (non-hydrogen) atoms. The van der Waals surface area contributed by atoms with Crippen molar-refractivity contribution >= 4 is 17.6 Å². The highest BCUT2D eigenvalue weighted by Crippen LogP contribution is 2.12. The van der Waals surface area contributed by atoms with Gasteiger partial charge in [-0.3, -0.25) is 0 Å². The second kappa shape index (κ2) is 12.8. The monoisotopic (exact) mass is 347 g/mol. The lowest BCUT2D eigenvalue weighted by Crippen LogP contribution is -2.06. The highest BCUT2D eigenvalue weighted by molar-refractivity contribution is 5.93. The smallest absolute Gasteiger partial charge is 0.337 e. The molecular formula is C20H29NO4. The summed E-state index contributed by atoms with van der Waals surface area (Å²) in [4.78, 5) is 21.1. The molecule has 0 bridgehead atoms. The zero-order valence-corrected chi connectivity index (χ0v) is 15.3. The first kappa shape index (κ1) is 22.4. The van der Waals surface area contributed by atoms with Crippen molar-refractivity contribution in [3.05, 3.63) is 54.1 Å². The van der Waals surface area contributed by atoms with E-state index in [4.69, 9.17) is 15.6 Å². The van der Waals surface area contributed by atoms with Crippen molar-refractivity contribution in [3.63, 3.8) is 0 Å². The first-order valence-corrected chi connectivity index (χ1v) is 8.28. The number of carbonyl (C=O) groups is 2. The molecule has 0 radical (unpaired) electrons. The Morgan fingerprint density at radius 3 is 2.40 bits per heavy atom. The Labute approximate surface area is 150 Å². The van der Waals surface area contributed by atoms with E-state index >= 15 is 0 Å². The number of esters is 1. The van der Waals surface area contributed by atoms with Crippen molar-refractivity contribution in [1.29, 1.82) is 0 Å². The van der Waals surface area contributed by atoms with Gasteiger partial charge in [-0.25, -0.2) is 9.59 Å². The number of hydrogen-bond acceptors (Lipinski definition) is 4. The Bertz CT molecular complexity index is 589. The normalized spacial score (nSPS) is 10.7.